The van der Waals surface area contributed by atoms with Gasteiger partial charge in [0.1, 0.15) is 0 Å². The summed E-state index contributed by atoms with van der Waals surface area (Å²) in [6, 6.07) is 0. The molecule has 16 heavy (non-hydrogen) atoms. The Kier molecular flexibility index (Phi) is 9.02. The van der Waals surface area contributed by atoms with Crippen LogP contribution in [-0.2, 0) is 0 Å². The van der Waals surface area contributed by atoms with Crippen molar-refractivity contribution in [2.24, 2.45) is 5.41 Å². The van der Waals surface area contributed by atoms with Crippen LogP contribution in [0.4, 0.5) is 0 Å². The average Bonchev–Trinajstić information content (AvgIpc) is 2.19. The molecule has 0 fully saturated rings. The molecular formula is C15H33N. The summed E-state index contributed by atoms with van der Waals surface area (Å²) in [6.45, 7) is 15.3. The minimum absolute atomic E-state index is 0.443. The summed E-state index contributed by atoms with van der Waals surface area (Å²) in [5.74, 6) is 0. The second-order valence-corrected chi connectivity index (χ2v) is 6.20. The fourth-order valence-electron chi connectivity index (χ4n) is 2.14. The minimum Gasteiger partial charge on any atom is -0.303 e. The highest BCUT2D eigenvalue weighted by Gasteiger charge is 2.14. The van der Waals surface area contributed by atoms with Gasteiger partial charge in [-0.1, -0.05) is 66.7 Å². The summed E-state index contributed by atoms with van der Waals surface area (Å²) in [6.07, 6.45) is 8.43. The lowest BCUT2D eigenvalue weighted by Gasteiger charge is -2.28. The van der Waals surface area contributed by atoms with E-state index in [9.17, 15) is 0 Å². The third-order valence-electron chi connectivity index (χ3n) is 2.97. The number of rotatable bonds is 9. The molecule has 0 spiro atoms. The first-order valence-electron chi connectivity index (χ1n) is 7.22. The Morgan fingerprint density at radius 2 is 1.38 bits per heavy atom. The first-order chi connectivity index (χ1) is 7.49. The monoisotopic (exact) mass is 227 g/mol. The van der Waals surface area contributed by atoms with Crippen molar-refractivity contribution in [2.45, 2.75) is 73.1 Å². The van der Waals surface area contributed by atoms with Gasteiger partial charge in [-0.2, -0.15) is 0 Å². The second-order valence-electron chi connectivity index (χ2n) is 6.20. The van der Waals surface area contributed by atoms with E-state index in [1.807, 2.05) is 0 Å². The van der Waals surface area contributed by atoms with Gasteiger partial charge in [0.05, 0.1) is 0 Å². The van der Waals surface area contributed by atoms with Crippen molar-refractivity contribution in [3.8, 4) is 0 Å². The van der Waals surface area contributed by atoms with Gasteiger partial charge in [0.25, 0.3) is 0 Å². The van der Waals surface area contributed by atoms with E-state index in [0.717, 1.165) is 0 Å². The lowest BCUT2D eigenvalue weighted by atomic mass is 9.96. The number of hydrogen-bond acceptors (Lipinski definition) is 1. The quantitative estimate of drug-likeness (QED) is 0.515. The van der Waals surface area contributed by atoms with E-state index in [1.165, 1.54) is 58.2 Å². The van der Waals surface area contributed by atoms with Crippen molar-refractivity contribution in [3.63, 3.8) is 0 Å². The van der Waals surface area contributed by atoms with Crippen molar-refractivity contribution in [2.75, 3.05) is 19.6 Å². The van der Waals surface area contributed by atoms with Crippen LogP contribution in [0.3, 0.4) is 0 Å². The highest BCUT2D eigenvalue weighted by molar-refractivity contribution is 4.68. The third kappa shape index (κ3) is 10.5. The molecule has 0 unspecified atom stereocenters. The van der Waals surface area contributed by atoms with Gasteiger partial charge in [-0.25, -0.2) is 0 Å². The molecule has 0 aliphatic rings. The summed E-state index contributed by atoms with van der Waals surface area (Å²) in [4.78, 5) is 2.60. The van der Waals surface area contributed by atoms with E-state index in [0.29, 0.717) is 5.41 Å². The Morgan fingerprint density at radius 3 is 1.88 bits per heavy atom. The molecule has 1 nitrogen and oxygen atoms in total. The molecule has 0 amide bonds. The van der Waals surface area contributed by atoms with E-state index in [2.05, 4.69) is 39.5 Å². The molecule has 0 aromatic carbocycles. The Hall–Kier alpha value is -0.0400. The fraction of sp³-hybridized carbons (Fsp3) is 1.00. The van der Waals surface area contributed by atoms with Crippen LogP contribution in [0.25, 0.3) is 0 Å². The van der Waals surface area contributed by atoms with Gasteiger partial charge in [0.2, 0.25) is 0 Å². The zero-order valence-corrected chi connectivity index (χ0v) is 12.3. The molecule has 0 aliphatic carbocycles. The average molecular weight is 227 g/mol. The van der Waals surface area contributed by atoms with Crippen molar-refractivity contribution in [1.29, 1.82) is 0 Å². The second kappa shape index (κ2) is 9.04. The molecule has 0 aromatic heterocycles. The summed E-state index contributed by atoms with van der Waals surface area (Å²) >= 11 is 0. The van der Waals surface area contributed by atoms with Gasteiger partial charge >= 0.3 is 0 Å². The van der Waals surface area contributed by atoms with Crippen LogP contribution in [0.2, 0.25) is 0 Å². The van der Waals surface area contributed by atoms with E-state index >= 15 is 0 Å². The SMILES string of the molecule is CCCCCCCCN(CC)CC(C)(C)C. The molecule has 0 N–H and O–H groups in total. The zero-order chi connectivity index (χ0) is 12.4. The Morgan fingerprint density at radius 1 is 0.812 bits per heavy atom. The summed E-state index contributed by atoms with van der Waals surface area (Å²) in [5, 5.41) is 0. The van der Waals surface area contributed by atoms with Crippen LogP contribution in [0.1, 0.15) is 73.1 Å². The van der Waals surface area contributed by atoms with Gasteiger partial charge in [0.15, 0.2) is 0 Å². The Bertz CT molecular complexity index is 146. The van der Waals surface area contributed by atoms with E-state index < -0.39 is 0 Å². The molecule has 0 saturated heterocycles. The molecule has 0 heterocycles. The molecule has 1 heteroatoms. The number of unbranched alkanes of at least 4 members (excludes halogenated alkanes) is 5. The smallest absolute Gasteiger partial charge is 0.00299 e. The Labute approximate surface area is 104 Å². The molecular weight excluding hydrogens is 194 g/mol. The highest BCUT2D eigenvalue weighted by Crippen LogP contribution is 2.15. The van der Waals surface area contributed by atoms with Crippen molar-refractivity contribution < 1.29 is 0 Å². The van der Waals surface area contributed by atoms with Crippen LogP contribution in [0.5, 0.6) is 0 Å². The van der Waals surface area contributed by atoms with Gasteiger partial charge < -0.3 is 4.90 Å². The lowest BCUT2D eigenvalue weighted by Crippen LogP contribution is -2.33. The van der Waals surface area contributed by atoms with Crippen LogP contribution in [0.15, 0.2) is 0 Å². The van der Waals surface area contributed by atoms with Crippen molar-refractivity contribution >= 4 is 0 Å². The van der Waals surface area contributed by atoms with Crippen LogP contribution in [0, 0.1) is 5.41 Å². The van der Waals surface area contributed by atoms with Gasteiger partial charge in [-0.15, -0.1) is 0 Å². The van der Waals surface area contributed by atoms with Crippen LogP contribution in [-0.4, -0.2) is 24.5 Å². The minimum atomic E-state index is 0.443. The lowest BCUT2D eigenvalue weighted by molar-refractivity contribution is 0.196. The normalized spacial score (nSPS) is 12.4. The van der Waals surface area contributed by atoms with Crippen molar-refractivity contribution in [1.82, 2.24) is 4.90 Å². The predicted octanol–water partition coefficient (Wildman–Crippen LogP) is 4.71. The van der Waals surface area contributed by atoms with Crippen molar-refractivity contribution in [3.05, 3.63) is 0 Å². The van der Waals surface area contributed by atoms with Gasteiger partial charge in [-0.05, 0) is 24.9 Å². The topological polar surface area (TPSA) is 3.24 Å². The highest BCUT2D eigenvalue weighted by atomic mass is 15.1. The largest absolute Gasteiger partial charge is 0.303 e. The maximum atomic E-state index is 2.60. The maximum absolute atomic E-state index is 2.60. The molecule has 98 valence electrons. The first kappa shape index (κ1) is 16.0. The third-order valence-corrected chi connectivity index (χ3v) is 2.97. The zero-order valence-electron chi connectivity index (χ0n) is 12.3. The predicted molar refractivity (Wildman–Crippen MR) is 74.9 cm³/mol. The fourth-order valence-corrected chi connectivity index (χ4v) is 2.14. The van der Waals surface area contributed by atoms with E-state index in [-0.39, 0.29) is 0 Å². The van der Waals surface area contributed by atoms with Gasteiger partial charge in [-0.3, -0.25) is 0 Å². The van der Waals surface area contributed by atoms with Crippen LogP contribution < -0.4 is 0 Å². The summed E-state index contributed by atoms with van der Waals surface area (Å²) < 4.78 is 0. The maximum Gasteiger partial charge on any atom is 0.00299 e. The molecule has 0 aromatic rings. The molecule has 0 saturated carbocycles. The van der Waals surface area contributed by atoms with Crippen LogP contribution >= 0.6 is 0 Å². The molecule has 0 bridgehead atoms. The molecule has 0 aliphatic heterocycles. The molecule has 0 atom stereocenters. The van der Waals surface area contributed by atoms with Gasteiger partial charge in [0, 0.05) is 6.54 Å². The van der Waals surface area contributed by atoms with E-state index in [4.69, 9.17) is 0 Å². The van der Waals surface area contributed by atoms with E-state index in [1.54, 1.807) is 0 Å². The summed E-state index contributed by atoms with van der Waals surface area (Å²) in [7, 11) is 0. The standard InChI is InChI=1S/C15H33N/c1-6-8-9-10-11-12-13-16(7-2)14-15(3,4)5/h6-14H2,1-5H3. The Balaban J connectivity index is 3.48. The number of nitrogens with zero attached hydrogens (tertiary/aromatic N) is 1. The molecule has 0 rings (SSSR count). The first-order valence-corrected chi connectivity index (χ1v) is 7.22. The molecule has 0 radical (unpaired) electrons. The number of hydrogen-bond donors (Lipinski definition) is 0. The summed E-state index contributed by atoms with van der Waals surface area (Å²) in [5.41, 5.74) is 0.443.